The number of phenols is 1. The van der Waals surface area contributed by atoms with Gasteiger partial charge in [-0.2, -0.15) is 0 Å². The number of nitrogens with zero attached hydrogens (tertiary/aromatic N) is 2. The Kier molecular flexibility index (Phi) is 3.98. The molecular weight excluding hydrogens is 446 g/mol. The van der Waals surface area contributed by atoms with Crippen molar-refractivity contribution in [3.63, 3.8) is 0 Å². The van der Waals surface area contributed by atoms with Crippen LogP contribution >= 0.6 is 0 Å². The normalized spacial score (nSPS) is 34.4. The molecule has 1 saturated carbocycles. The highest BCUT2D eigenvalue weighted by Crippen LogP contribution is 2.66. The first-order valence-electron chi connectivity index (χ1n) is 12.2. The Balaban J connectivity index is 1.39. The SMILES string of the molecule is C=CCN1CC[C@]23c4c5ccc(O)c4OC2C(N2C(=O)c4ccc(N)cc4C2=O)CC[C@@]3(O)[C@H]1C5. The number of phenolic OH excluding ortho intramolecular Hbond substituents is 1. The fourth-order valence-corrected chi connectivity index (χ4v) is 7.83. The molecule has 8 heteroatoms. The summed E-state index contributed by atoms with van der Waals surface area (Å²) >= 11 is 0. The molecule has 5 atom stereocenters. The van der Waals surface area contributed by atoms with Crippen LogP contribution in [0.1, 0.15) is 51.1 Å². The van der Waals surface area contributed by atoms with Crippen molar-refractivity contribution in [2.75, 3.05) is 18.8 Å². The van der Waals surface area contributed by atoms with Gasteiger partial charge in [-0.15, -0.1) is 6.58 Å². The Labute approximate surface area is 202 Å². The summed E-state index contributed by atoms with van der Waals surface area (Å²) in [5.74, 6) is -0.341. The van der Waals surface area contributed by atoms with Crippen LogP contribution in [-0.2, 0) is 11.8 Å². The molecule has 4 N–H and O–H groups in total. The molecule has 2 aliphatic carbocycles. The number of ether oxygens (including phenoxy) is 1. The molecule has 2 unspecified atom stereocenters. The number of likely N-dealkylation sites (tertiary alicyclic amines) is 1. The smallest absolute Gasteiger partial charge is 0.262 e. The van der Waals surface area contributed by atoms with E-state index in [2.05, 4.69) is 11.5 Å². The number of amides is 2. The van der Waals surface area contributed by atoms with E-state index >= 15 is 0 Å². The van der Waals surface area contributed by atoms with Gasteiger partial charge in [0.2, 0.25) is 0 Å². The number of hydrogen-bond acceptors (Lipinski definition) is 7. The van der Waals surface area contributed by atoms with E-state index < -0.39 is 23.2 Å². The number of aliphatic hydroxyl groups is 1. The van der Waals surface area contributed by atoms with Crippen LogP contribution in [-0.4, -0.2) is 68.7 Å². The molecule has 5 aliphatic rings. The van der Waals surface area contributed by atoms with Crippen molar-refractivity contribution in [3.8, 4) is 11.5 Å². The molecule has 1 spiro atoms. The fourth-order valence-electron chi connectivity index (χ4n) is 7.83. The lowest BCUT2D eigenvalue weighted by atomic mass is 9.48. The van der Waals surface area contributed by atoms with Gasteiger partial charge in [0.15, 0.2) is 11.5 Å². The van der Waals surface area contributed by atoms with Gasteiger partial charge >= 0.3 is 0 Å². The number of nitrogen functional groups attached to an aromatic ring is 1. The number of anilines is 1. The van der Waals surface area contributed by atoms with Gasteiger partial charge in [0.1, 0.15) is 6.10 Å². The number of aromatic hydroxyl groups is 1. The quantitative estimate of drug-likeness (QED) is 0.355. The largest absolute Gasteiger partial charge is 0.504 e. The molecule has 8 nitrogen and oxygen atoms in total. The van der Waals surface area contributed by atoms with Gasteiger partial charge in [-0.25, -0.2) is 0 Å². The third-order valence-corrected chi connectivity index (χ3v) is 9.18. The van der Waals surface area contributed by atoms with Gasteiger partial charge in [0, 0.05) is 23.8 Å². The van der Waals surface area contributed by atoms with Crippen molar-refractivity contribution in [3.05, 3.63) is 65.2 Å². The topological polar surface area (TPSA) is 116 Å². The second kappa shape index (κ2) is 6.65. The molecule has 2 aromatic carbocycles. The zero-order valence-electron chi connectivity index (χ0n) is 19.2. The van der Waals surface area contributed by atoms with Gasteiger partial charge in [-0.05, 0) is 62.1 Å². The third kappa shape index (κ3) is 2.30. The maximum atomic E-state index is 13.5. The lowest BCUT2D eigenvalue weighted by molar-refractivity contribution is -0.194. The number of carbonyl (C=O) groups excluding carboxylic acids is 2. The Hall–Kier alpha value is -3.36. The van der Waals surface area contributed by atoms with Crippen molar-refractivity contribution in [1.29, 1.82) is 0 Å². The van der Waals surface area contributed by atoms with E-state index in [1.54, 1.807) is 24.3 Å². The van der Waals surface area contributed by atoms with Gasteiger partial charge in [0.05, 0.1) is 28.2 Å². The highest BCUT2D eigenvalue weighted by Gasteiger charge is 2.74. The molecule has 0 radical (unpaired) electrons. The summed E-state index contributed by atoms with van der Waals surface area (Å²) in [6.45, 7) is 5.29. The van der Waals surface area contributed by atoms with Gasteiger partial charge in [-0.3, -0.25) is 19.4 Å². The highest BCUT2D eigenvalue weighted by atomic mass is 16.5. The summed E-state index contributed by atoms with van der Waals surface area (Å²) in [5.41, 5.74) is 6.91. The minimum Gasteiger partial charge on any atom is -0.504 e. The van der Waals surface area contributed by atoms with Crippen molar-refractivity contribution < 1.29 is 24.5 Å². The molecule has 3 heterocycles. The van der Waals surface area contributed by atoms with Crippen LogP contribution in [0.4, 0.5) is 5.69 Å². The summed E-state index contributed by atoms with van der Waals surface area (Å²) in [5, 5.41) is 23.2. The Morgan fingerprint density at radius 1 is 1.17 bits per heavy atom. The Morgan fingerprint density at radius 2 is 1.97 bits per heavy atom. The van der Waals surface area contributed by atoms with Crippen LogP contribution in [0.5, 0.6) is 11.5 Å². The predicted octanol–water partition coefficient (Wildman–Crippen LogP) is 1.98. The van der Waals surface area contributed by atoms with E-state index in [4.69, 9.17) is 10.5 Å². The van der Waals surface area contributed by atoms with Crippen LogP contribution in [0.2, 0.25) is 0 Å². The molecule has 2 aromatic rings. The maximum absolute atomic E-state index is 13.5. The number of piperidine rings is 1. The Bertz CT molecular complexity index is 1340. The second-order valence-electron chi connectivity index (χ2n) is 10.5. The van der Waals surface area contributed by atoms with Crippen molar-refractivity contribution in [2.45, 2.75) is 54.9 Å². The van der Waals surface area contributed by atoms with Crippen molar-refractivity contribution in [2.24, 2.45) is 0 Å². The van der Waals surface area contributed by atoms with Crippen LogP contribution in [0.15, 0.2) is 43.0 Å². The lowest BCUT2D eigenvalue weighted by Gasteiger charge is -2.64. The van der Waals surface area contributed by atoms with Gasteiger partial charge in [0.25, 0.3) is 11.8 Å². The van der Waals surface area contributed by atoms with Gasteiger partial charge in [-0.1, -0.05) is 12.1 Å². The first-order valence-corrected chi connectivity index (χ1v) is 12.2. The molecule has 2 bridgehead atoms. The van der Waals surface area contributed by atoms with Crippen LogP contribution in [0.25, 0.3) is 0 Å². The van der Waals surface area contributed by atoms with Gasteiger partial charge < -0.3 is 20.7 Å². The average Bonchev–Trinajstić information content (AvgIpc) is 3.30. The summed E-state index contributed by atoms with van der Waals surface area (Å²) < 4.78 is 6.49. The number of rotatable bonds is 3. The summed E-state index contributed by atoms with van der Waals surface area (Å²) in [4.78, 5) is 30.6. The van der Waals surface area contributed by atoms with E-state index in [-0.39, 0.29) is 23.6 Å². The summed E-state index contributed by atoms with van der Waals surface area (Å²) in [7, 11) is 0. The molecule has 2 fully saturated rings. The van der Waals surface area contributed by atoms with Crippen molar-refractivity contribution in [1.82, 2.24) is 9.80 Å². The molecule has 1 saturated heterocycles. The fraction of sp³-hybridized carbons (Fsp3) is 0.407. The molecule has 3 aliphatic heterocycles. The minimum atomic E-state index is -1.12. The number of imide groups is 1. The monoisotopic (exact) mass is 473 g/mol. The van der Waals surface area contributed by atoms with E-state index in [1.165, 1.54) is 4.90 Å². The molecule has 7 rings (SSSR count). The number of carbonyl (C=O) groups is 2. The molecule has 180 valence electrons. The molecule has 2 amide bonds. The third-order valence-electron chi connectivity index (χ3n) is 9.18. The summed E-state index contributed by atoms with van der Waals surface area (Å²) in [6.07, 6.45) is 3.26. The zero-order chi connectivity index (χ0) is 24.3. The minimum absolute atomic E-state index is 0.0238. The highest BCUT2D eigenvalue weighted by molar-refractivity contribution is 6.22. The van der Waals surface area contributed by atoms with E-state index in [1.807, 2.05) is 12.1 Å². The first-order chi connectivity index (χ1) is 16.8. The lowest BCUT2D eigenvalue weighted by Crippen LogP contribution is -2.78. The van der Waals surface area contributed by atoms with Crippen LogP contribution in [0.3, 0.4) is 0 Å². The summed E-state index contributed by atoms with van der Waals surface area (Å²) in [6, 6.07) is 7.60. The van der Waals surface area contributed by atoms with Crippen molar-refractivity contribution >= 4 is 17.5 Å². The molecular formula is C27H27N3O5. The van der Waals surface area contributed by atoms with E-state index in [0.29, 0.717) is 54.8 Å². The number of fused-ring (bicyclic) bond motifs is 1. The first kappa shape index (κ1) is 21.0. The molecule has 35 heavy (non-hydrogen) atoms. The zero-order valence-corrected chi connectivity index (χ0v) is 19.2. The number of benzene rings is 2. The number of nitrogens with two attached hydrogens (primary N) is 1. The van der Waals surface area contributed by atoms with E-state index in [0.717, 1.165) is 17.7 Å². The second-order valence-corrected chi connectivity index (χ2v) is 10.5. The Morgan fingerprint density at radius 3 is 2.77 bits per heavy atom. The van der Waals surface area contributed by atoms with Crippen LogP contribution < -0.4 is 10.5 Å². The number of hydrogen-bond donors (Lipinski definition) is 3. The van der Waals surface area contributed by atoms with Crippen LogP contribution in [0, 0.1) is 0 Å². The average molecular weight is 474 g/mol. The predicted molar refractivity (Wildman–Crippen MR) is 127 cm³/mol. The van der Waals surface area contributed by atoms with E-state index in [9.17, 15) is 19.8 Å². The molecule has 0 aromatic heterocycles. The standard InChI is InChI=1S/C27H27N3O5/c1-2-10-29-11-9-26-21-14-3-6-19(31)22(21)35-23(26)18(7-8-27(26,34)20(29)12-14)30-24(32)16-5-4-15(28)13-17(16)25(30)33/h2-6,13,18,20,23,31,34H,1,7-12,28H2/t18?,20-,23?,26+,27-/m1/s1. The maximum Gasteiger partial charge on any atom is 0.262 e.